The van der Waals surface area contributed by atoms with Gasteiger partial charge in [-0.3, -0.25) is 9.69 Å². The van der Waals surface area contributed by atoms with Gasteiger partial charge in [-0.1, -0.05) is 18.2 Å². The number of amides is 1. The van der Waals surface area contributed by atoms with Crippen molar-refractivity contribution >= 4 is 11.6 Å². The lowest BCUT2D eigenvalue weighted by molar-refractivity contribution is -0.116. The third-order valence-electron chi connectivity index (χ3n) is 6.89. The number of aliphatic hydroxyl groups excluding tert-OH is 1. The van der Waals surface area contributed by atoms with Gasteiger partial charge in [0.25, 0.3) is 0 Å². The van der Waals surface area contributed by atoms with Crippen molar-refractivity contribution in [2.24, 2.45) is 5.92 Å². The number of anilines is 1. The fraction of sp³-hybridized carbons (Fsp3) is 0.458. The SMILES string of the molecule is O=C1CCc2cc(C(O)CN3C[C@@H]4C[C@@H](Oc5ccccc5F)C[C@]4(O)C3)cc(F)c2N1. The van der Waals surface area contributed by atoms with Gasteiger partial charge < -0.3 is 20.3 Å². The average molecular weight is 444 g/mol. The molecule has 2 aromatic rings. The summed E-state index contributed by atoms with van der Waals surface area (Å²) in [6, 6.07) is 9.25. The summed E-state index contributed by atoms with van der Waals surface area (Å²) in [4.78, 5) is 13.5. The van der Waals surface area contributed by atoms with E-state index in [-0.39, 0.29) is 35.9 Å². The van der Waals surface area contributed by atoms with E-state index < -0.39 is 23.3 Å². The summed E-state index contributed by atoms with van der Waals surface area (Å²) in [5.41, 5.74) is 0.384. The van der Waals surface area contributed by atoms with Gasteiger partial charge in [-0.15, -0.1) is 0 Å². The van der Waals surface area contributed by atoms with Crippen LogP contribution in [0.25, 0.3) is 0 Å². The standard InChI is InChI=1S/C24H26F2N2O4/c25-18-3-1-2-4-21(18)32-17-9-16-11-28(13-24(16,31)10-17)12-20(29)15-7-14-5-6-22(30)27-23(14)19(26)8-15/h1-4,7-8,16-17,20,29,31H,5-6,9-13H2,(H,27,30)/t16-,17+,20?,24-/m0/s1. The predicted molar refractivity (Wildman–Crippen MR) is 113 cm³/mol. The molecule has 1 saturated carbocycles. The van der Waals surface area contributed by atoms with Gasteiger partial charge in [0, 0.05) is 38.4 Å². The minimum absolute atomic E-state index is 0.0399. The molecule has 0 bridgehead atoms. The molecule has 3 N–H and O–H groups in total. The van der Waals surface area contributed by atoms with Crippen molar-refractivity contribution in [3.8, 4) is 5.75 Å². The van der Waals surface area contributed by atoms with Crippen LogP contribution in [0.2, 0.25) is 0 Å². The van der Waals surface area contributed by atoms with Gasteiger partial charge in [0.1, 0.15) is 11.9 Å². The van der Waals surface area contributed by atoms with Crippen molar-refractivity contribution in [3.05, 3.63) is 59.2 Å². The quantitative estimate of drug-likeness (QED) is 0.661. The molecule has 2 heterocycles. The molecule has 2 aromatic carbocycles. The molecule has 2 aliphatic heterocycles. The highest BCUT2D eigenvalue weighted by molar-refractivity contribution is 5.94. The molecule has 0 radical (unpaired) electrons. The van der Waals surface area contributed by atoms with Crippen LogP contribution in [-0.2, 0) is 11.2 Å². The van der Waals surface area contributed by atoms with E-state index in [9.17, 15) is 23.8 Å². The van der Waals surface area contributed by atoms with E-state index in [1.807, 2.05) is 4.90 Å². The van der Waals surface area contributed by atoms with E-state index in [1.54, 1.807) is 24.3 Å². The van der Waals surface area contributed by atoms with Crippen LogP contribution in [0, 0.1) is 17.6 Å². The predicted octanol–water partition coefficient (Wildman–Crippen LogP) is 2.79. The van der Waals surface area contributed by atoms with Gasteiger partial charge in [0.2, 0.25) is 5.91 Å². The minimum atomic E-state index is -0.957. The van der Waals surface area contributed by atoms with Crippen LogP contribution in [0.4, 0.5) is 14.5 Å². The first kappa shape index (κ1) is 21.3. The van der Waals surface area contributed by atoms with Crippen molar-refractivity contribution in [2.45, 2.75) is 43.5 Å². The van der Waals surface area contributed by atoms with E-state index in [0.717, 1.165) is 0 Å². The molecule has 0 spiro atoms. The Labute approximate surface area is 184 Å². The number of benzene rings is 2. The van der Waals surface area contributed by atoms with Crippen LogP contribution in [0.5, 0.6) is 5.75 Å². The molecule has 4 atom stereocenters. The number of ether oxygens (including phenoxy) is 1. The number of nitrogens with zero attached hydrogens (tertiary/aromatic N) is 1. The molecule has 2 fully saturated rings. The first-order chi connectivity index (χ1) is 15.3. The smallest absolute Gasteiger partial charge is 0.224 e. The van der Waals surface area contributed by atoms with E-state index in [1.165, 1.54) is 12.1 Å². The first-order valence-electron chi connectivity index (χ1n) is 11.0. The van der Waals surface area contributed by atoms with Crippen molar-refractivity contribution in [2.75, 3.05) is 25.0 Å². The second-order valence-corrected chi connectivity index (χ2v) is 9.21. The number of para-hydroxylation sites is 1. The molecule has 32 heavy (non-hydrogen) atoms. The molecule has 1 amide bonds. The Hall–Kier alpha value is -2.55. The number of nitrogens with one attached hydrogen (secondary N) is 1. The third-order valence-corrected chi connectivity index (χ3v) is 6.89. The number of carbonyl (C=O) groups is 1. The number of aliphatic hydroxyl groups is 2. The Morgan fingerprint density at radius 2 is 2.03 bits per heavy atom. The van der Waals surface area contributed by atoms with Gasteiger partial charge in [0.05, 0.1) is 17.4 Å². The van der Waals surface area contributed by atoms with Crippen molar-refractivity contribution in [1.82, 2.24) is 4.90 Å². The van der Waals surface area contributed by atoms with E-state index in [4.69, 9.17) is 4.74 Å². The molecular formula is C24H26F2N2O4. The van der Waals surface area contributed by atoms with Crippen LogP contribution in [0.15, 0.2) is 36.4 Å². The number of hydrogen-bond acceptors (Lipinski definition) is 5. The summed E-state index contributed by atoms with van der Waals surface area (Å²) < 4.78 is 34.1. The van der Waals surface area contributed by atoms with Crippen LogP contribution >= 0.6 is 0 Å². The molecule has 5 rings (SSSR count). The maximum absolute atomic E-state index is 14.5. The van der Waals surface area contributed by atoms with Crippen molar-refractivity contribution in [3.63, 3.8) is 0 Å². The normalized spacial score (nSPS) is 28.2. The second kappa shape index (κ2) is 8.10. The van der Waals surface area contributed by atoms with Gasteiger partial charge in [0.15, 0.2) is 11.6 Å². The van der Waals surface area contributed by atoms with Crippen molar-refractivity contribution < 1.29 is 28.5 Å². The van der Waals surface area contributed by atoms with E-state index in [0.29, 0.717) is 49.9 Å². The fourth-order valence-electron chi connectivity index (χ4n) is 5.35. The largest absolute Gasteiger partial charge is 0.487 e. The van der Waals surface area contributed by atoms with Gasteiger partial charge in [-0.05, 0) is 42.2 Å². The van der Waals surface area contributed by atoms with Crippen LogP contribution in [-0.4, -0.2) is 52.4 Å². The van der Waals surface area contributed by atoms with Crippen LogP contribution < -0.4 is 10.1 Å². The Bertz CT molecular complexity index is 1050. The van der Waals surface area contributed by atoms with Crippen LogP contribution in [0.3, 0.4) is 0 Å². The summed E-state index contributed by atoms with van der Waals surface area (Å²) in [5, 5.41) is 24.4. The number of fused-ring (bicyclic) bond motifs is 2. The topological polar surface area (TPSA) is 82.0 Å². The maximum atomic E-state index is 14.5. The number of halogens is 2. The van der Waals surface area contributed by atoms with Gasteiger partial charge >= 0.3 is 0 Å². The molecule has 6 nitrogen and oxygen atoms in total. The van der Waals surface area contributed by atoms with Gasteiger partial charge in [-0.25, -0.2) is 8.78 Å². The number of β-amino-alcohol motifs (C(OH)–C–C–N with tert-alkyl or cyclic N) is 2. The Balaban J connectivity index is 1.21. The van der Waals surface area contributed by atoms with E-state index in [2.05, 4.69) is 5.32 Å². The lowest BCUT2D eigenvalue weighted by atomic mass is 9.95. The summed E-state index contributed by atoms with van der Waals surface area (Å²) >= 11 is 0. The van der Waals surface area contributed by atoms with Crippen LogP contribution in [0.1, 0.15) is 36.5 Å². The maximum Gasteiger partial charge on any atom is 0.224 e. The van der Waals surface area contributed by atoms with E-state index >= 15 is 0 Å². The fourth-order valence-corrected chi connectivity index (χ4v) is 5.35. The lowest BCUT2D eigenvalue weighted by Crippen LogP contribution is -2.36. The molecule has 1 aliphatic carbocycles. The van der Waals surface area contributed by atoms with Gasteiger partial charge in [-0.2, -0.15) is 0 Å². The Kier molecular flexibility index (Phi) is 5.39. The number of rotatable bonds is 5. The molecule has 170 valence electrons. The highest BCUT2D eigenvalue weighted by Crippen LogP contribution is 2.43. The second-order valence-electron chi connectivity index (χ2n) is 9.21. The summed E-state index contributed by atoms with van der Waals surface area (Å²) in [6.45, 7) is 1.21. The third kappa shape index (κ3) is 3.98. The summed E-state index contributed by atoms with van der Waals surface area (Å²) in [5.74, 6) is -1.02. The highest BCUT2D eigenvalue weighted by Gasteiger charge is 2.53. The molecule has 1 saturated heterocycles. The number of carbonyl (C=O) groups excluding carboxylic acids is 1. The Morgan fingerprint density at radius 1 is 1.22 bits per heavy atom. The molecule has 8 heteroatoms. The first-order valence-corrected chi connectivity index (χ1v) is 11.0. The summed E-state index contributed by atoms with van der Waals surface area (Å²) in [6.07, 6.45) is 0.548. The average Bonchev–Trinajstić information content (AvgIpc) is 3.20. The molecule has 1 unspecified atom stereocenters. The minimum Gasteiger partial charge on any atom is -0.487 e. The zero-order valence-electron chi connectivity index (χ0n) is 17.6. The summed E-state index contributed by atoms with van der Waals surface area (Å²) in [7, 11) is 0. The molecule has 0 aromatic heterocycles. The van der Waals surface area contributed by atoms with Crippen molar-refractivity contribution in [1.29, 1.82) is 0 Å². The number of aryl methyl sites for hydroxylation is 1. The Morgan fingerprint density at radius 3 is 2.81 bits per heavy atom. The zero-order chi connectivity index (χ0) is 22.5. The zero-order valence-corrected chi connectivity index (χ0v) is 17.6. The highest BCUT2D eigenvalue weighted by atomic mass is 19.1. The number of hydrogen-bond donors (Lipinski definition) is 3. The number of likely N-dealkylation sites (tertiary alicyclic amines) is 1. The lowest BCUT2D eigenvalue weighted by Gasteiger charge is -2.26. The molecule has 3 aliphatic rings. The molecular weight excluding hydrogens is 418 g/mol. The monoisotopic (exact) mass is 444 g/mol.